The minimum atomic E-state index is 0.540. The van der Waals surface area contributed by atoms with Crippen LogP contribution in [0.15, 0.2) is 18.3 Å². The van der Waals surface area contributed by atoms with Crippen molar-refractivity contribution < 1.29 is 0 Å². The van der Waals surface area contributed by atoms with Gasteiger partial charge < -0.3 is 5.73 Å². The zero-order valence-electron chi connectivity index (χ0n) is 11.7. The maximum absolute atomic E-state index is 5.66. The van der Waals surface area contributed by atoms with Gasteiger partial charge in [-0.25, -0.2) is 0 Å². The summed E-state index contributed by atoms with van der Waals surface area (Å²) < 4.78 is 0. The van der Waals surface area contributed by atoms with E-state index in [1.54, 1.807) is 0 Å². The van der Waals surface area contributed by atoms with Gasteiger partial charge >= 0.3 is 0 Å². The SMILES string of the molecule is NCc1cc(CN2CCC3CCCCC3C2)ccn1. The molecule has 104 valence electrons. The van der Waals surface area contributed by atoms with E-state index in [-0.39, 0.29) is 0 Å². The molecule has 1 saturated carbocycles. The van der Waals surface area contributed by atoms with Crippen LogP contribution in [0.1, 0.15) is 43.4 Å². The zero-order valence-corrected chi connectivity index (χ0v) is 11.7. The van der Waals surface area contributed by atoms with E-state index < -0.39 is 0 Å². The summed E-state index contributed by atoms with van der Waals surface area (Å²) in [6, 6.07) is 4.29. The predicted molar refractivity (Wildman–Crippen MR) is 77.5 cm³/mol. The largest absolute Gasteiger partial charge is 0.325 e. The summed E-state index contributed by atoms with van der Waals surface area (Å²) in [5.74, 6) is 1.97. The molecule has 1 aromatic heterocycles. The number of piperidine rings is 1. The lowest BCUT2D eigenvalue weighted by atomic mass is 9.75. The van der Waals surface area contributed by atoms with Crippen molar-refractivity contribution in [3.05, 3.63) is 29.6 Å². The Balaban J connectivity index is 1.60. The van der Waals surface area contributed by atoms with Gasteiger partial charge in [-0.05, 0) is 48.9 Å². The van der Waals surface area contributed by atoms with Crippen molar-refractivity contribution in [1.29, 1.82) is 0 Å². The second kappa shape index (κ2) is 6.02. The molecule has 1 aliphatic carbocycles. The van der Waals surface area contributed by atoms with E-state index in [0.29, 0.717) is 6.54 Å². The third-order valence-corrected chi connectivity index (χ3v) is 4.87. The van der Waals surface area contributed by atoms with E-state index in [2.05, 4.69) is 22.0 Å². The average molecular weight is 259 g/mol. The highest BCUT2D eigenvalue weighted by Crippen LogP contribution is 2.36. The lowest BCUT2D eigenvalue weighted by Gasteiger charge is -2.41. The molecule has 3 heteroatoms. The molecule has 3 rings (SSSR count). The maximum Gasteiger partial charge on any atom is 0.0542 e. The van der Waals surface area contributed by atoms with Crippen LogP contribution >= 0.6 is 0 Å². The molecule has 1 aromatic rings. The number of fused-ring (bicyclic) bond motifs is 1. The molecule has 0 radical (unpaired) electrons. The Hall–Kier alpha value is -0.930. The van der Waals surface area contributed by atoms with E-state index in [9.17, 15) is 0 Å². The smallest absolute Gasteiger partial charge is 0.0542 e. The van der Waals surface area contributed by atoms with Gasteiger partial charge in [-0.2, -0.15) is 0 Å². The number of rotatable bonds is 3. The molecule has 0 aromatic carbocycles. The van der Waals surface area contributed by atoms with Crippen molar-refractivity contribution in [3.8, 4) is 0 Å². The molecule has 0 amide bonds. The molecular weight excluding hydrogens is 234 g/mol. The van der Waals surface area contributed by atoms with Gasteiger partial charge in [0.25, 0.3) is 0 Å². The normalized spacial score (nSPS) is 28.1. The second-order valence-corrected chi connectivity index (χ2v) is 6.19. The van der Waals surface area contributed by atoms with E-state index in [4.69, 9.17) is 5.73 Å². The van der Waals surface area contributed by atoms with Crippen molar-refractivity contribution in [3.63, 3.8) is 0 Å². The first-order chi connectivity index (χ1) is 9.35. The minimum Gasteiger partial charge on any atom is -0.325 e. The van der Waals surface area contributed by atoms with Crippen LogP contribution in [-0.4, -0.2) is 23.0 Å². The molecule has 0 bridgehead atoms. The number of likely N-dealkylation sites (tertiary alicyclic amines) is 1. The van der Waals surface area contributed by atoms with E-state index in [0.717, 1.165) is 24.1 Å². The van der Waals surface area contributed by atoms with Crippen molar-refractivity contribution in [1.82, 2.24) is 9.88 Å². The summed E-state index contributed by atoms with van der Waals surface area (Å²) in [6.07, 6.45) is 9.13. The minimum absolute atomic E-state index is 0.540. The molecule has 1 saturated heterocycles. The lowest BCUT2D eigenvalue weighted by Crippen LogP contribution is -2.41. The number of hydrogen-bond acceptors (Lipinski definition) is 3. The number of nitrogens with two attached hydrogens (primary N) is 1. The molecule has 2 aliphatic rings. The first-order valence-corrected chi connectivity index (χ1v) is 7.71. The summed E-state index contributed by atoms with van der Waals surface area (Å²) in [7, 11) is 0. The Kier molecular flexibility index (Phi) is 4.14. The highest BCUT2D eigenvalue weighted by Gasteiger charge is 2.30. The van der Waals surface area contributed by atoms with Gasteiger partial charge in [-0.15, -0.1) is 0 Å². The molecule has 2 heterocycles. The van der Waals surface area contributed by atoms with Crippen molar-refractivity contribution in [2.75, 3.05) is 13.1 Å². The van der Waals surface area contributed by atoms with Gasteiger partial charge in [0.1, 0.15) is 0 Å². The number of aromatic nitrogens is 1. The standard InChI is InChI=1S/C16H25N3/c17-10-16-9-13(5-7-18-16)11-19-8-6-14-3-1-2-4-15(14)12-19/h5,7,9,14-15H,1-4,6,8,10-12,17H2. The summed E-state index contributed by atoms with van der Waals surface area (Å²) >= 11 is 0. The molecule has 3 nitrogen and oxygen atoms in total. The van der Waals surface area contributed by atoms with Gasteiger partial charge in [0.15, 0.2) is 0 Å². The van der Waals surface area contributed by atoms with Crippen LogP contribution in [0.25, 0.3) is 0 Å². The highest BCUT2D eigenvalue weighted by atomic mass is 15.1. The molecule has 0 spiro atoms. The molecule has 19 heavy (non-hydrogen) atoms. The number of nitrogens with zero attached hydrogens (tertiary/aromatic N) is 2. The molecule has 2 atom stereocenters. The average Bonchev–Trinajstić information content (AvgIpc) is 2.47. The van der Waals surface area contributed by atoms with Gasteiger partial charge in [-0.3, -0.25) is 9.88 Å². The van der Waals surface area contributed by atoms with Crippen LogP contribution in [0.5, 0.6) is 0 Å². The fourth-order valence-electron chi connectivity index (χ4n) is 3.82. The van der Waals surface area contributed by atoms with Crippen molar-refractivity contribution in [2.45, 2.75) is 45.2 Å². The second-order valence-electron chi connectivity index (χ2n) is 6.19. The first-order valence-electron chi connectivity index (χ1n) is 7.71. The molecule has 2 unspecified atom stereocenters. The van der Waals surface area contributed by atoms with Crippen LogP contribution in [-0.2, 0) is 13.1 Å². The Bertz CT molecular complexity index is 418. The molecule has 1 aliphatic heterocycles. The third-order valence-electron chi connectivity index (χ3n) is 4.87. The fraction of sp³-hybridized carbons (Fsp3) is 0.688. The zero-order chi connectivity index (χ0) is 13.1. The molecule has 2 N–H and O–H groups in total. The number of hydrogen-bond donors (Lipinski definition) is 1. The van der Waals surface area contributed by atoms with Crippen LogP contribution < -0.4 is 5.73 Å². The maximum atomic E-state index is 5.66. The summed E-state index contributed by atoms with van der Waals surface area (Å²) in [4.78, 5) is 6.90. The Morgan fingerprint density at radius 1 is 1.21 bits per heavy atom. The first kappa shape index (κ1) is 13.1. The summed E-state index contributed by atoms with van der Waals surface area (Å²) in [6.45, 7) is 4.17. The topological polar surface area (TPSA) is 42.1 Å². The van der Waals surface area contributed by atoms with Crippen LogP contribution in [0.3, 0.4) is 0 Å². The summed E-state index contributed by atoms with van der Waals surface area (Å²) in [5.41, 5.74) is 8.03. The van der Waals surface area contributed by atoms with E-state index in [1.807, 2.05) is 6.20 Å². The van der Waals surface area contributed by atoms with Gasteiger partial charge in [0.2, 0.25) is 0 Å². The van der Waals surface area contributed by atoms with Gasteiger partial charge in [-0.1, -0.05) is 19.3 Å². The van der Waals surface area contributed by atoms with E-state index >= 15 is 0 Å². The predicted octanol–water partition coefficient (Wildman–Crippen LogP) is 2.55. The summed E-state index contributed by atoms with van der Waals surface area (Å²) in [5, 5.41) is 0. The third kappa shape index (κ3) is 3.15. The molecule has 2 fully saturated rings. The number of pyridine rings is 1. The van der Waals surface area contributed by atoms with E-state index in [1.165, 1.54) is 50.8 Å². The Morgan fingerprint density at radius 2 is 2.05 bits per heavy atom. The monoisotopic (exact) mass is 259 g/mol. The Labute approximate surface area is 116 Å². The Morgan fingerprint density at radius 3 is 2.89 bits per heavy atom. The fourth-order valence-corrected chi connectivity index (χ4v) is 3.82. The quantitative estimate of drug-likeness (QED) is 0.907. The highest BCUT2D eigenvalue weighted by molar-refractivity contribution is 5.16. The van der Waals surface area contributed by atoms with Gasteiger partial charge in [0.05, 0.1) is 5.69 Å². The molecular formula is C16H25N3. The van der Waals surface area contributed by atoms with Crippen molar-refractivity contribution >= 4 is 0 Å². The van der Waals surface area contributed by atoms with Gasteiger partial charge in [0, 0.05) is 25.8 Å². The van der Waals surface area contributed by atoms with Crippen LogP contribution in [0.4, 0.5) is 0 Å². The van der Waals surface area contributed by atoms with Crippen LogP contribution in [0.2, 0.25) is 0 Å². The van der Waals surface area contributed by atoms with Crippen LogP contribution in [0, 0.1) is 11.8 Å². The lowest BCUT2D eigenvalue weighted by molar-refractivity contribution is 0.0820. The van der Waals surface area contributed by atoms with Crippen molar-refractivity contribution in [2.24, 2.45) is 17.6 Å².